The fraction of sp³-hybridized carbons (Fsp3) is 0.636. The predicted molar refractivity (Wildman–Crippen MR) is 65.1 cm³/mol. The molecule has 92 valence electrons. The third-order valence-corrected chi connectivity index (χ3v) is 5.07. The molecule has 0 saturated heterocycles. The fourth-order valence-corrected chi connectivity index (χ4v) is 4.12. The summed E-state index contributed by atoms with van der Waals surface area (Å²) >= 11 is 0. The molecule has 0 fully saturated rings. The number of hydrogen-bond donors (Lipinski definition) is 0. The normalized spacial score (nSPS) is 11.9. The van der Waals surface area contributed by atoms with Crippen molar-refractivity contribution < 1.29 is 13.3 Å². The summed E-state index contributed by atoms with van der Waals surface area (Å²) in [5.41, 5.74) is 0. The summed E-state index contributed by atoms with van der Waals surface area (Å²) in [6.45, 7) is 7.76. The summed E-state index contributed by atoms with van der Waals surface area (Å²) < 4.78 is 19.3. The smallest absolute Gasteiger partial charge is 0.373 e. The van der Waals surface area contributed by atoms with E-state index in [2.05, 4.69) is 0 Å². The molecule has 1 aromatic rings. The maximum Gasteiger partial charge on any atom is 0.521 e. The third-order valence-electron chi connectivity index (χ3n) is 2.14. The molecule has 0 aliphatic rings. The molecule has 5 heteroatoms. The first-order chi connectivity index (χ1) is 7.76. The Morgan fingerprint density at radius 2 is 1.31 bits per heavy atom. The lowest BCUT2D eigenvalue weighted by atomic mass is 10.7. The average molecular weight is 243 g/mol. The lowest BCUT2D eigenvalue weighted by Crippen LogP contribution is -2.50. The fourth-order valence-electron chi connectivity index (χ4n) is 1.62. The molecule has 0 aromatic carbocycles. The second-order valence-electron chi connectivity index (χ2n) is 3.34. The highest BCUT2D eigenvalue weighted by Gasteiger charge is 2.40. The lowest BCUT2D eigenvalue weighted by Gasteiger charge is -2.28. The van der Waals surface area contributed by atoms with E-state index < -0.39 is 8.80 Å². The van der Waals surface area contributed by atoms with Crippen molar-refractivity contribution in [3.8, 4) is 0 Å². The minimum Gasteiger partial charge on any atom is -0.373 e. The van der Waals surface area contributed by atoms with Gasteiger partial charge in [0.05, 0.1) is 6.17 Å². The van der Waals surface area contributed by atoms with Crippen molar-refractivity contribution >= 4 is 8.80 Å². The van der Waals surface area contributed by atoms with Crippen molar-refractivity contribution in [1.29, 1.82) is 0 Å². The van der Waals surface area contributed by atoms with Crippen molar-refractivity contribution in [2.75, 3.05) is 19.8 Å². The molecule has 4 nitrogen and oxygen atoms in total. The summed E-state index contributed by atoms with van der Waals surface area (Å²) in [6, 6.07) is 3.98. The Kier molecular flexibility index (Phi) is 5.76. The van der Waals surface area contributed by atoms with Gasteiger partial charge in [-0.2, -0.15) is 0 Å². The zero-order chi connectivity index (χ0) is 11.9. The first-order valence-corrected chi connectivity index (χ1v) is 7.72. The van der Waals surface area contributed by atoms with Crippen LogP contribution in [0.1, 0.15) is 20.8 Å². The van der Waals surface area contributed by atoms with Gasteiger partial charge in [-0.25, -0.2) is 0 Å². The number of rotatable bonds is 8. The van der Waals surface area contributed by atoms with Gasteiger partial charge >= 0.3 is 8.80 Å². The Balaban J connectivity index is 2.73. The zero-order valence-corrected chi connectivity index (χ0v) is 11.3. The van der Waals surface area contributed by atoms with Gasteiger partial charge in [0, 0.05) is 32.2 Å². The second-order valence-corrected chi connectivity index (χ2v) is 5.89. The Morgan fingerprint density at radius 1 is 0.875 bits per heavy atom. The van der Waals surface area contributed by atoms with Crippen LogP contribution in [-0.2, 0) is 19.4 Å². The summed E-state index contributed by atoms with van der Waals surface area (Å²) in [6.07, 6.45) is 4.67. The largest absolute Gasteiger partial charge is 0.521 e. The minimum absolute atomic E-state index is 0.619. The first-order valence-electron chi connectivity index (χ1n) is 5.79. The van der Waals surface area contributed by atoms with E-state index in [1.54, 1.807) is 0 Å². The van der Waals surface area contributed by atoms with Crippen molar-refractivity contribution in [3.05, 3.63) is 24.5 Å². The predicted octanol–water partition coefficient (Wildman–Crippen LogP) is 2.08. The molecule has 1 aromatic heterocycles. The summed E-state index contributed by atoms with van der Waals surface area (Å²) in [5, 5.41) is 0. The second kappa shape index (κ2) is 6.85. The van der Waals surface area contributed by atoms with Crippen LogP contribution in [0.15, 0.2) is 24.5 Å². The van der Waals surface area contributed by atoms with Gasteiger partial charge in [0.1, 0.15) is 0 Å². The SMILES string of the molecule is CCO[Si](Cn1cccc1)(OCC)OCC. The monoisotopic (exact) mass is 243 g/mol. The standard InChI is InChI=1S/C11H21NO3Si/c1-4-13-16(14-5-2,15-6-3)11-12-9-7-8-10-12/h7-10H,4-6,11H2,1-3H3. The minimum atomic E-state index is -2.54. The van der Waals surface area contributed by atoms with Crippen LogP contribution in [0.4, 0.5) is 0 Å². The number of hydrogen-bond acceptors (Lipinski definition) is 3. The lowest BCUT2D eigenvalue weighted by molar-refractivity contribution is 0.0650. The number of aromatic nitrogens is 1. The Bertz CT molecular complexity index is 260. The molecule has 0 amide bonds. The summed E-state index contributed by atoms with van der Waals surface area (Å²) in [5.74, 6) is 0. The van der Waals surface area contributed by atoms with E-state index in [1.165, 1.54) is 0 Å². The molecule has 0 bridgehead atoms. The molecular formula is C11H21NO3Si. The van der Waals surface area contributed by atoms with Crippen LogP contribution in [-0.4, -0.2) is 33.2 Å². The van der Waals surface area contributed by atoms with Crippen molar-refractivity contribution in [2.45, 2.75) is 26.9 Å². The summed E-state index contributed by atoms with van der Waals surface area (Å²) in [7, 11) is -2.54. The maximum absolute atomic E-state index is 5.76. The topological polar surface area (TPSA) is 32.6 Å². The van der Waals surface area contributed by atoms with E-state index >= 15 is 0 Å². The van der Waals surface area contributed by atoms with Gasteiger partial charge in [-0.3, -0.25) is 0 Å². The molecule has 0 saturated carbocycles. The molecule has 0 N–H and O–H groups in total. The van der Waals surface area contributed by atoms with Gasteiger partial charge in [0.15, 0.2) is 0 Å². The van der Waals surface area contributed by atoms with E-state index in [4.69, 9.17) is 13.3 Å². The van der Waals surface area contributed by atoms with Gasteiger partial charge in [-0.1, -0.05) is 0 Å². The van der Waals surface area contributed by atoms with Crippen LogP contribution in [0.25, 0.3) is 0 Å². The number of nitrogens with zero attached hydrogens (tertiary/aromatic N) is 1. The van der Waals surface area contributed by atoms with Gasteiger partial charge < -0.3 is 17.8 Å². The van der Waals surface area contributed by atoms with Gasteiger partial charge in [-0.05, 0) is 32.9 Å². The van der Waals surface area contributed by atoms with Gasteiger partial charge in [0.25, 0.3) is 0 Å². The highest BCUT2D eigenvalue weighted by atomic mass is 28.4. The van der Waals surface area contributed by atoms with E-state index in [0.717, 1.165) is 0 Å². The van der Waals surface area contributed by atoms with Crippen LogP contribution in [0, 0.1) is 0 Å². The highest BCUT2D eigenvalue weighted by molar-refractivity contribution is 6.59. The highest BCUT2D eigenvalue weighted by Crippen LogP contribution is 2.13. The van der Waals surface area contributed by atoms with E-state index in [9.17, 15) is 0 Å². The Morgan fingerprint density at radius 3 is 1.69 bits per heavy atom. The van der Waals surface area contributed by atoms with Crippen LogP contribution in [0.2, 0.25) is 0 Å². The third kappa shape index (κ3) is 3.75. The molecular weight excluding hydrogens is 222 g/mol. The van der Waals surface area contributed by atoms with E-state index in [0.29, 0.717) is 26.0 Å². The molecule has 16 heavy (non-hydrogen) atoms. The molecule has 0 aliphatic carbocycles. The van der Waals surface area contributed by atoms with Crippen LogP contribution >= 0.6 is 0 Å². The van der Waals surface area contributed by atoms with Crippen LogP contribution < -0.4 is 0 Å². The van der Waals surface area contributed by atoms with Crippen molar-refractivity contribution in [3.63, 3.8) is 0 Å². The zero-order valence-electron chi connectivity index (χ0n) is 10.3. The quantitative estimate of drug-likeness (QED) is 0.655. The molecule has 0 radical (unpaired) electrons. The molecule has 0 atom stereocenters. The average Bonchev–Trinajstić information content (AvgIpc) is 2.71. The van der Waals surface area contributed by atoms with Crippen molar-refractivity contribution in [1.82, 2.24) is 4.57 Å². The molecule has 1 heterocycles. The van der Waals surface area contributed by atoms with E-state index in [-0.39, 0.29) is 0 Å². The van der Waals surface area contributed by atoms with Crippen LogP contribution in [0.5, 0.6) is 0 Å². The molecule has 1 rings (SSSR count). The summed E-state index contributed by atoms with van der Waals surface area (Å²) in [4.78, 5) is 0. The maximum atomic E-state index is 5.76. The molecule has 0 unspecified atom stereocenters. The van der Waals surface area contributed by atoms with Crippen LogP contribution in [0.3, 0.4) is 0 Å². The Labute approximate surface area is 98.5 Å². The first kappa shape index (κ1) is 13.4. The van der Waals surface area contributed by atoms with Gasteiger partial charge in [0.2, 0.25) is 0 Å². The molecule has 0 aliphatic heterocycles. The van der Waals surface area contributed by atoms with Crippen molar-refractivity contribution in [2.24, 2.45) is 0 Å². The van der Waals surface area contributed by atoms with E-state index in [1.807, 2.05) is 49.9 Å². The molecule has 0 spiro atoms. The van der Waals surface area contributed by atoms with Gasteiger partial charge in [-0.15, -0.1) is 0 Å². The Hall–Kier alpha value is -0.623.